The number of aliphatic hydroxyl groups is 1. The van der Waals surface area contributed by atoms with E-state index in [-0.39, 0.29) is 18.1 Å². The SMILES string of the molecule is COc1nc(OC)nc(N2CC[C@H](O)C2)n1. The second-order valence-electron chi connectivity index (χ2n) is 3.50. The Kier molecular flexibility index (Phi) is 3.04. The summed E-state index contributed by atoms with van der Waals surface area (Å²) in [6.07, 6.45) is 0.393. The summed E-state index contributed by atoms with van der Waals surface area (Å²) in [6.45, 7) is 1.24. The molecule has 1 aliphatic heterocycles. The molecule has 0 unspecified atom stereocenters. The Labute approximate surface area is 93.1 Å². The van der Waals surface area contributed by atoms with Crippen molar-refractivity contribution >= 4 is 5.95 Å². The molecular formula is C9H14N4O3. The van der Waals surface area contributed by atoms with Gasteiger partial charge in [0, 0.05) is 13.1 Å². The maximum absolute atomic E-state index is 9.44. The number of β-amino-alcohol motifs (C(OH)–C–C–N with tert-alkyl or cyclic N) is 1. The van der Waals surface area contributed by atoms with E-state index in [0.29, 0.717) is 12.5 Å². The lowest BCUT2D eigenvalue weighted by molar-refractivity contribution is 0.198. The van der Waals surface area contributed by atoms with E-state index in [1.54, 1.807) is 0 Å². The van der Waals surface area contributed by atoms with E-state index in [0.717, 1.165) is 13.0 Å². The summed E-state index contributed by atoms with van der Waals surface area (Å²) in [4.78, 5) is 14.0. The first kappa shape index (κ1) is 10.9. The molecule has 0 aromatic carbocycles. The van der Waals surface area contributed by atoms with Crippen molar-refractivity contribution in [2.45, 2.75) is 12.5 Å². The highest BCUT2D eigenvalue weighted by atomic mass is 16.5. The van der Waals surface area contributed by atoms with Crippen LogP contribution in [0.15, 0.2) is 0 Å². The number of methoxy groups -OCH3 is 2. The van der Waals surface area contributed by atoms with Crippen LogP contribution in [0.3, 0.4) is 0 Å². The Morgan fingerprint density at radius 1 is 1.19 bits per heavy atom. The molecule has 1 N–H and O–H groups in total. The highest BCUT2D eigenvalue weighted by Crippen LogP contribution is 2.20. The zero-order valence-corrected chi connectivity index (χ0v) is 9.25. The number of aliphatic hydroxyl groups excluding tert-OH is 1. The Balaban J connectivity index is 2.25. The fourth-order valence-corrected chi connectivity index (χ4v) is 1.58. The Morgan fingerprint density at radius 2 is 1.81 bits per heavy atom. The molecule has 1 fully saturated rings. The average molecular weight is 226 g/mol. The molecular weight excluding hydrogens is 212 g/mol. The summed E-state index contributed by atoms with van der Waals surface area (Å²) < 4.78 is 9.90. The third kappa shape index (κ3) is 2.13. The maximum Gasteiger partial charge on any atom is 0.324 e. The van der Waals surface area contributed by atoms with E-state index in [1.807, 2.05) is 4.90 Å². The van der Waals surface area contributed by atoms with Gasteiger partial charge in [-0.25, -0.2) is 0 Å². The molecule has 0 aliphatic carbocycles. The van der Waals surface area contributed by atoms with E-state index in [9.17, 15) is 5.11 Å². The zero-order chi connectivity index (χ0) is 11.5. The van der Waals surface area contributed by atoms with E-state index >= 15 is 0 Å². The third-order valence-corrected chi connectivity index (χ3v) is 2.39. The first-order chi connectivity index (χ1) is 7.72. The quantitative estimate of drug-likeness (QED) is 0.741. The molecule has 0 amide bonds. The summed E-state index contributed by atoms with van der Waals surface area (Å²) in [6, 6.07) is 0.423. The summed E-state index contributed by atoms with van der Waals surface area (Å²) in [5.41, 5.74) is 0. The molecule has 1 aromatic heterocycles. The highest BCUT2D eigenvalue weighted by Gasteiger charge is 2.23. The summed E-state index contributed by atoms with van der Waals surface area (Å²) in [7, 11) is 2.97. The Hall–Kier alpha value is -1.63. The number of aromatic nitrogens is 3. The van der Waals surface area contributed by atoms with Crippen LogP contribution in [0.2, 0.25) is 0 Å². The van der Waals surface area contributed by atoms with Gasteiger partial charge >= 0.3 is 12.0 Å². The summed E-state index contributed by atoms with van der Waals surface area (Å²) >= 11 is 0. The second-order valence-corrected chi connectivity index (χ2v) is 3.50. The third-order valence-electron chi connectivity index (χ3n) is 2.39. The van der Waals surface area contributed by atoms with Crippen LogP contribution >= 0.6 is 0 Å². The lowest BCUT2D eigenvalue weighted by Crippen LogP contribution is -2.24. The first-order valence-electron chi connectivity index (χ1n) is 5.00. The van der Waals surface area contributed by atoms with Gasteiger partial charge in [-0.05, 0) is 6.42 Å². The van der Waals surface area contributed by atoms with Gasteiger partial charge in [-0.2, -0.15) is 9.97 Å². The minimum Gasteiger partial charge on any atom is -0.467 e. The molecule has 0 radical (unpaired) electrons. The fraction of sp³-hybridized carbons (Fsp3) is 0.667. The van der Waals surface area contributed by atoms with E-state index in [2.05, 4.69) is 15.0 Å². The van der Waals surface area contributed by atoms with Crippen LogP contribution in [0.4, 0.5) is 5.95 Å². The normalized spacial score (nSPS) is 19.9. The molecule has 1 atom stereocenters. The summed E-state index contributed by atoms with van der Waals surface area (Å²) in [5.74, 6) is 0.472. The zero-order valence-electron chi connectivity index (χ0n) is 9.25. The highest BCUT2D eigenvalue weighted by molar-refractivity contribution is 5.33. The second kappa shape index (κ2) is 4.48. The van der Waals surface area contributed by atoms with Crippen LogP contribution in [-0.2, 0) is 0 Å². The van der Waals surface area contributed by atoms with Gasteiger partial charge in [-0.15, -0.1) is 4.98 Å². The number of nitrogens with zero attached hydrogens (tertiary/aromatic N) is 4. The van der Waals surface area contributed by atoms with Gasteiger partial charge in [-0.1, -0.05) is 0 Å². The van der Waals surface area contributed by atoms with Crippen molar-refractivity contribution in [3.05, 3.63) is 0 Å². The molecule has 88 valence electrons. The standard InChI is InChI=1S/C9H14N4O3/c1-15-8-10-7(11-9(12-8)16-2)13-4-3-6(14)5-13/h6,14H,3-5H2,1-2H3/t6-/m0/s1. The molecule has 1 saturated heterocycles. The van der Waals surface area contributed by atoms with Crippen molar-refractivity contribution in [3.63, 3.8) is 0 Å². The van der Waals surface area contributed by atoms with Gasteiger partial charge in [0.15, 0.2) is 0 Å². The number of ether oxygens (including phenoxy) is 2. The average Bonchev–Trinajstić information content (AvgIpc) is 2.75. The van der Waals surface area contributed by atoms with Gasteiger partial charge in [0.2, 0.25) is 5.95 Å². The van der Waals surface area contributed by atoms with E-state index < -0.39 is 0 Å². The minimum absolute atomic E-state index is 0.211. The minimum atomic E-state index is -0.325. The number of rotatable bonds is 3. The molecule has 2 rings (SSSR count). The van der Waals surface area contributed by atoms with Crippen LogP contribution in [0.5, 0.6) is 12.0 Å². The van der Waals surface area contributed by atoms with Crippen LogP contribution in [0.1, 0.15) is 6.42 Å². The Bertz CT molecular complexity index is 352. The van der Waals surface area contributed by atoms with Gasteiger partial charge in [0.1, 0.15) is 0 Å². The molecule has 7 nitrogen and oxygen atoms in total. The number of hydrogen-bond donors (Lipinski definition) is 1. The van der Waals surface area contributed by atoms with Gasteiger partial charge in [0.05, 0.1) is 20.3 Å². The predicted octanol–water partition coefficient (Wildman–Crippen LogP) is -0.540. The molecule has 0 saturated carbocycles. The monoisotopic (exact) mass is 226 g/mol. The summed E-state index contributed by atoms with van der Waals surface area (Å²) in [5, 5.41) is 9.44. The predicted molar refractivity (Wildman–Crippen MR) is 55.8 cm³/mol. The first-order valence-corrected chi connectivity index (χ1v) is 5.00. The van der Waals surface area contributed by atoms with Crippen molar-refractivity contribution in [2.24, 2.45) is 0 Å². The van der Waals surface area contributed by atoms with Crippen LogP contribution in [0, 0.1) is 0 Å². The van der Waals surface area contributed by atoms with Gasteiger partial charge in [0.25, 0.3) is 0 Å². The van der Waals surface area contributed by atoms with Crippen molar-refractivity contribution < 1.29 is 14.6 Å². The van der Waals surface area contributed by atoms with E-state index in [1.165, 1.54) is 14.2 Å². The lowest BCUT2D eigenvalue weighted by atomic mass is 10.3. The fourth-order valence-electron chi connectivity index (χ4n) is 1.58. The van der Waals surface area contributed by atoms with Crippen molar-refractivity contribution in [1.82, 2.24) is 15.0 Å². The molecule has 0 bridgehead atoms. The van der Waals surface area contributed by atoms with Crippen LogP contribution in [-0.4, -0.2) is 53.5 Å². The molecule has 1 aromatic rings. The van der Waals surface area contributed by atoms with Crippen molar-refractivity contribution in [1.29, 1.82) is 0 Å². The van der Waals surface area contributed by atoms with Crippen LogP contribution in [0.25, 0.3) is 0 Å². The van der Waals surface area contributed by atoms with Gasteiger partial charge in [-0.3, -0.25) is 0 Å². The molecule has 0 spiro atoms. The van der Waals surface area contributed by atoms with Gasteiger partial charge < -0.3 is 19.5 Å². The Morgan fingerprint density at radius 3 is 2.25 bits per heavy atom. The van der Waals surface area contributed by atoms with Crippen LogP contribution < -0.4 is 14.4 Å². The van der Waals surface area contributed by atoms with Crippen molar-refractivity contribution in [3.8, 4) is 12.0 Å². The largest absolute Gasteiger partial charge is 0.467 e. The number of hydrogen-bond acceptors (Lipinski definition) is 7. The van der Waals surface area contributed by atoms with Crippen molar-refractivity contribution in [2.75, 3.05) is 32.2 Å². The molecule has 1 aliphatic rings. The molecule has 2 heterocycles. The van der Waals surface area contributed by atoms with E-state index in [4.69, 9.17) is 9.47 Å². The lowest BCUT2D eigenvalue weighted by Gasteiger charge is -2.15. The smallest absolute Gasteiger partial charge is 0.324 e. The number of anilines is 1. The maximum atomic E-state index is 9.44. The topological polar surface area (TPSA) is 80.6 Å². The molecule has 16 heavy (non-hydrogen) atoms. The molecule has 7 heteroatoms.